The van der Waals surface area contributed by atoms with Gasteiger partial charge in [0, 0.05) is 37.5 Å². The third kappa shape index (κ3) is 5.38. The molecule has 0 spiro atoms. The average molecular weight is 427 g/mol. The number of halogens is 1. The van der Waals surface area contributed by atoms with E-state index in [-0.39, 0.29) is 11.8 Å². The van der Waals surface area contributed by atoms with Crippen molar-refractivity contribution in [3.63, 3.8) is 0 Å². The second kappa shape index (κ2) is 10.2. The zero-order valence-electron chi connectivity index (χ0n) is 17.9. The molecule has 2 atom stereocenters. The number of benzene rings is 2. The van der Waals surface area contributed by atoms with Crippen molar-refractivity contribution >= 4 is 29.2 Å². The quantitative estimate of drug-likeness (QED) is 0.751. The predicted molar refractivity (Wildman–Crippen MR) is 120 cm³/mol. The Labute approximate surface area is 183 Å². The van der Waals surface area contributed by atoms with Crippen molar-refractivity contribution in [2.75, 3.05) is 32.6 Å². The van der Waals surface area contributed by atoms with E-state index in [1.54, 1.807) is 44.4 Å². The van der Waals surface area contributed by atoms with Gasteiger partial charge < -0.3 is 10.2 Å². The standard InChI is InChI=1S/C23H27ClN4O2/c1-15-10-19(24)12-20(11-15)28(23(30)27(4)5)22(29)16(2)21(14-26-3)18-8-6-17(13-25)7-9-18/h6-12,16,21,26H,14H2,1-5H3/t16-,21+/m0/s1. The van der Waals surface area contributed by atoms with E-state index in [0.717, 1.165) is 11.1 Å². The van der Waals surface area contributed by atoms with Crippen LogP contribution in [0.2, 0.25) is 5.02 Å². The van der Waals surface area contributed by atoms with Gasteiger partial charge in [0.05, 0.1) is 17.3 Å². The highest BCUT2D eigenvalue weighted by molar-refractivity contribution is 6.31. The zero-order valence-corrected chi connectivity index (χ0v) is 18.7. The Morgan fingerprint density at radius 1 is 1.17 bits per heavy atom. The van der Waals surface area contributed by atoms with Crippen LogP contribution >= 0.6 is 11.6 Å². The number of anilines is 1. The first kappa shape index (κ1) is 23.4. The van der Waals surface area contributed by atoms with E-state index in [4.69, 9.17) is 16.9 Å². The van der Waals surface area contributed by atoms with E-state index in [0.29, 0.717) is 22.8 Å². The smallest absolute Gasteiger partial charge is 0.330 e. The van der Waals surface area contributed by atoms with Gasteiger partial charge in [-0.3, -0.25) is 4.79 Å². The van der Waals surface area contributed by atoms with Crippen LogP contribution in [0.1, 0.15) is 29.5 Å². The Kier molecular flexibility index (Phi) is 7.99. The van der Waals surface area contributed by atoms with Crippen molar-refractivity contribution in [1.82, 2.24) is 10.2 Å². The number of hydrogen-bond acceptors (Lipinski definition) is 4. The fourth-order valence-corrected chi connectivity index (χ4v) is 3.65. The molecule has 0 aliphatic carbocycles. The van der Waals surface area contributed by atoms with Gasteiger partial charge in [-0.15, -0.1) is 0 Å². The van der Waals surface area contributed by atoms with Gasteiger partial charge in [0.15, 0.2) is 0 Å². The van der Waals surface area contributed by atoms with E-state index in [9.17, 15) is 9.59 Å². The first-order valence-corrected chi connectivity index (χ1v) is 10.0. The summed E-state index contributed by atoms with van der Waals surface area (Å²) in [6, 6.07) is 14.0. The Morgan fingerprint density at radius 3 is 2.30 bits per heavy atom. The van der Waals surface area contributed by atoms with Crippen molar-refractivity contribution in [3.8, 4) is 6.07 Å². The molecule has 0 aliphatic rings. The molecule has 30 heavy (non-hydrogen) atoms. The molecule has 0 unspecified atom stereocenters. The Balaban J connectivity index is 2.47. The number of nitrogens with zero attached hydrogens (tertiary/aromatic N) is 3. The number of imide groups is 1. The van der Waals surface area contributed by atoms with Crippen molar-refractivity contribution in [1.29, 1.82) is 5.26 Å². The molecule has 2 rings (SSSR count). The lowest BCUT2D eigenvalue weighted by Gasteiger charge is -2.31. The Morgan fingerprint density at radius 2 is 1.80 bits per heavy atom. The molecular weight excluding hydrogens is 400 g/mol. The molecule has 0 saturated heterocycles. The molecule has 158 valence electrons. The van der Waals surface area contributed by atoms with E-state index in [1.165, 1.54) is 9.80 Å². The van der Waals surface area contributed by atoms with Crippen molar-refractivity contribution in [2.45, 2.75) is 19.8 Å². The second-order valence-electron chi connectivity index (χ2n) is 7.52. The molecule has 0 heterocycles. The lowest BCUT2D eigenvalue weighted by molar-refractivity contribution is -0.121. The number of rotatable bonds is 6. The number of aryl methyl sites for hydroxylation is 1. The lowest BCUT2D eigenvalue weighted by atomic mass is 9.85. The highest BCUT2D eigenvalue weighted by Crippen LogP contribution is 2.30. The highest BCUT2D eigenvalue weighted by atomic mass is 35.5. The lowest BCUT2D eigenvalue weighted by Crippen LogP contribution is -2.47. The number of urea groups is 1. The fraction of sp³-hybridized carbons (Fsp3) is 0.348. The number of nitrogens with one attached hydrogen (secondary N) is 1. The maximum Gasteiger partial charge on any atom is 0.330 e. The molecule has 0 bridgehead atoms. The number of hydrogen-bond donors (Lipinski definition) is 1. The minimum Gasteiger partial charge on any atom is -0.330 e. The average Bonchev–Trinajstić information content (AvgIpc) is 2.71. The monoisotopic (exact) mass is 426 g/mol. The summed E-state index contributed by atoms with van der Waals surface area (Å²) in [6.45, 7) is 4.22. The van der Waals surface area contributed by atoms with Crippen LogP contribution < -0.4 is 10.2 Å². The number of carbonyl (C=O) groups is 2. The second-order valence-corrected chi connectivity index (χ2v) is 7.96. The van der Waals surface area contributed by atoms with Gasteiger partial charge in [0.1, 0.15) is 0 Å². The SMILES string of the molecule is CNC[C@@H](c1ccc(C#N)cc1)[C@H](C)C(=O)N(C(=O)N(C)C)c1cc(C)cc(Cl)c1. The van der Waals surface area contributed by atoms with Crippen LogP contribution in [-0.2, 0) is 4.79 Å². The number of nitriles is 1. The van der Waals surface area contributed by atoms with Crippen LogP contribution in [0.15, 0.2) is 42.5 Å². The third-order valence-corrected chi connectivity index (χ3v) is 5.18. The summed E-state index contributed by atoms with van der Waals surface area (Å²) >= 11 is 6.20. The van der Waals surface area contributed by atoms with Crippen LogP contribution in [-0.4, -0.2) is 44.5 Å². The minimum atomic E-state index is -0.506. The summed E-state index contributed by atoms with van der Waals surface area (Å²) in [5.41, 5.74) is 2.77. The number of carbonyl (C=O) groups excluding carboxylic acids is 2. The van der Waals surface area contributed by atoms with Gasteiger partial charge in [0.2, 0.25) is 5.91 Å². The van der Waals surface area contributed by atoms with Gasteiger partial charge in [-0.25, -0.2) is 9.69 Å². The predicted octanol–water partition coefficient (Wildman–Crippen LogP) is 4.17. The molecule has 3 amide bonds. The molecule has 2 aromatic carbocycles. The summed E-state index contributed by atoms with van der Waals surface area (Å²) < 4.78 is 0. The molecule has 0 aromatic heterocycles. The molecule has 7 heteroatoms. The van der Waals surface area contributed by atoms with Crippen LogP contribution in [0.3, 0.4) is 0 Å². The van der Waals surface area contributed by atoms with E-state index in [2.05, 4.69) is 11.4 Å². The van der Waals surface area contributed by atoms with Gasteiger partial charge in [-0.05, 0) is 55.4 Å². The number of amides is 3. The summed E-state index contributed by atoms with van der Waals surface area (Å²) in [7, 11) is 5.03. The summed E-state index contributed by atoms with van der Waals surface area (Å²) in [4.78, 5) is 29.1. The van der Waals surface area contributed by atoms with Gasteiger partial charge in [0.25, 0.3) is 0 Å². The largest absolute Gasteiger partial charge is 0.330 e. The summed E-state index contributed by atoms with van der Waals surface area (Å²) in [5, 5.41) is 12.6. The maximum atomic E-state index is 13.6. The summed E-state index contributed by atoms with van der Waals surface area (Å²) in [5.74, 6) is -1.01. The molecule has 0 radical (unpaired) electrons. The fourth-order valence-electron chi connectivity index (χ4n) is 3.36. The molecule has 6 nitrogen and oxygen atoms in total. The Hall–Kier alpha value is -2.88. The first-order valence-electron chi connectivity index (χ1n) is 9.66. The van der Waals surface area contributed by atoms with Crippen molar-refractivity contribution in [3.05, 3.63) is 64.2 Å². The van der Waals surface area contributed by atoms with Crippen molar-refractivity contribution in [2.24, 2.45) is 5.92 Å². The Bertz CT molecular complexity index is 930. The molecule has 0 aliphatic heterocycles. The molecular formula is C23H27ClN4O2. The van der Waals surface area contributed by atoms with E-state index < -0.39 is 11.9 Å². The molecule has 1 N–H and O–H groups in total. The minimum absolute atomic E-state index is 0.187. The highest BCUT2D eigenvalue weighted by Gasteiger charge is 2.34. The topological polar surface area (TPSA) is 76.4 Å². The van der Waals surface area contributed by atoms with Gasteiger partial charge in [-0.2, -0.15) is 5.26 Å². The summed E-state index contributed by atoms with van der Waals surface area (Å²) in [6.07, 6.45) is 0. The van der Waals surface area contributed by atoms with Crippen LogP contribution in [0.25, 0.3) is 0 Å². The third-order valence-electron chi connectivity index (χ3n) is 4.96. The normalized spacial score (nSPS) is 12.6. The van der Waals surface area contributed by atoms with Gasteiger partial charge in [-0.1, -0.05) is 30.7 Å². The van der Waals surface area contributed by atoms with Crippen molar-refractivity contribution < 1.29 is 9.59 Å². The van der Waals surface area contributed by atoms with E-state index >= 15 is 0 Å². The van der Waals surface area contributed by atoms with Crippen LogP contribution in [0, 0.1) is 24.2 Å². The van der Waals surface area contributed by atoms with Gasteiger partial charge >= 0.3 is 6.03 Å². The van der Waals surface area contributed by atoms with Crippen LogP contribution in [0.4, 0.5) is 10.5 Å². The number of likely N-dealkylation sites (N-methyl/N-ethyl adjacent to an activating group) is 1. The maximum absolute atomic E-state index is 13.6. The zero-order chi connectivity index (χ0) is 22.4. The molecule has 0 saturated carbocycles. The molecule has 0 fully saturated rings. The molecule has 2 aromatic rings. The first-order chi connectivity index (χ1) is 14.2. The van der Waals surface area contributed by atoms with E-state index in [1.807, 2.05) is 33.0 Å². The van der Waals surface area contributed by atoms with Crippen LogP contribution in [0.5, 0.6) is 0 Å².